The van der Waals surface area contributed by atoms with E-state index in [4.69, 9.17) is 0 Å². The molecule has 0 radical (unpaired) electrons. The van der Waals surface area contributed by atoms with Gasteiger partial charge < -0.3 is 14.7 Å². The molecule has 3 fully saturated rings. The van der Waals surface area contributed by atoms with Crippen molar-refractivity contribution in [2.24, 2.45) is 29.6 Å². The van der Waals surface area contributed by atoms with Gasteiger partial charge in [0.05, 0.1) is 0 Å². The van der Waals surface area contributed by atoms with Crippen LogP contribution in [0.3, 0.4) is 0 Å². The molecule has 3 rings (SSSR count). The second-order valence-corrected chi connectivity index (χ2v) is 11.6. The van der Waals surface area contributed by atoms with Crippen molar-refractivity contribution in [3.05, 3.63) is 0 Å². The van der Waals surface area contributed by atoms with E-state index >= 15 is 0 Å². The first-order valence-electron chi connectivity index (χ1n) is 13.2. The Morgan fingerprint density at radius 1 is 0.533 bits per heavy atom. The highest BCUT2D eigenvalue weighted by Gasteiger charge is 2.21. The molecule has 180 valence electrons. The molecule has 2 atom stereocenters. The summed E-state index contributed by atoms with van der Waals surface area (Å²) in [5.74, 6) is 4.57. The molecule has 3 heterocycles. The molecule has 2 unspecified atom stereocenters. The maximum Gasteiger partial charge on any atom is 0.0115 e. The van der Waals surface area contributed by atoms with E-state index in [1.54, 1.807) is 0 Å². The van der Waals surface area contributed by atoms with Gasteiger partial charge in [0.1, 0.15) is 0 Å². The summed E-state index contributed by atoms with van der Waals surface area (Å²) in [5.41, 5.74) is 0. The molecule has 3 aliphatic heterocycles. The maximum absolute atomic E-state index is 2.51. The van der Waals surface area contributed by atoms with E-state index in [-0.39, 0.29) is 0 Å². The van der Waals surface area contributed by atoms with Crippen LogP contribution in [0.5, 0.6) is 0 Å². The average Bonchev–Trinajstić information content (AvgIpc) is 2.69. The van der Waals surface area contributed by atoms with E-state index in [1.165, 1.54) is 77.7 Å². The number of hydrogen-bond donors (Lipinski definition) is 0. The van der Waals surface area contributed by atoms with Crippen LogP contribution in [0.15, 0.2) is 0 Å². The van der Waals surface area contributed by atoms with Gasteiger partial charge in [0.25, 0.3) is 0 Å². The van der Waals surface area contributed by atoms with E-state index in [1.807, 2.05) is 0 Å². The highest BCUT2D eigenvalue weighted by atomic mass is 15.1. The van der Waals surface area contributed by atoms with Crippen LogP contribution in [0, 0.1) is 29.6 Å². The van der Waals surface area contributed by atoms with Gasteiger partial charge in [-0.1, -0.05) is 48.0 Å². The van der Waals surface area contributed by atoms with Crippen LogP contribution in [0.2, 0.25) is 0 Å². The smallest absolute Gasteiger partial charge is 0.0115 e. The SMILES string of the molecule is CC(C)C1CCCCN1C.CC(C)C1CCCN(C)C1.CC(C)C1CCN(C)CC1. The second-order valence-electron chi connectivity index (χ2n) is 11.6. The van der Waals surface area contributed by atoms with Crippen molar-refractivity contribution in [3.63, 3.8) is 0 Å². The molecule has 0 saturated carbocycles. The molecule has 3 saturated heterocycles. The molecule has 30 heavy (non-hydrogen) atoms. The third-order valence-electron chi connectivity index (χ3n) is 7.91. The molecule has 3 nitrogen and oxygen atoms in total. The van der Waals surface area contributed by atoms with Crippen molar-refractivity contribution in [3.8, 4) is 0 Å². The van der Waals surface area contributed by atoms with Gasteiger partial charge >= 0.3 is 0 Å². The summed E-state index contributed by atoms with van der Waals surface area (Å²) in [6.45, 7) is 20.6. The zero-order valence-corrected chi connectivity index (χ0v) is 22.3. The lowest BCUT2D eigenvalue weighted by Gasteiger charge is -2.35. The minimum Gasteiger partial charge on any atom is -0.306 e. The Labute approximate surface area is 191 Å². The van der Waals surface area contributed by atoms with Crippen LogP contribution in [0.1, 0.15) is 86.5 Å². The largest absolute Gasteiger partial charge is 0.306 e. The van der Waals surface area contributed by atoms with Crippen LogP contribution in [-0.2, 0) is 0 Å². The van der Waals surface area contributed by atoms with Crippen LogP contribution >= 0.6 is 0 Å². The number of piperidine rings is 3. The van der Waals surface area contributed by atoms with Crippen molar-refractivity contribution in [2.75, 3.05) is 53.9 Å². The monoisotopic (exact) mass is 423 g/mol. The zero-order valence-electron chi connectivity index (χ0n) is 22.3. The van der Waals surface area contributed by atoms with E-state index in [0.29, 0.717) is 0 Å². The fraction of sp³-hybridized carbons (Fsp3) is 1.00. The highest BCUT2D eigenvalue weighted by molar-refractivity contribution is 4.76. The predicted octanol–water partition coefficient (Wildman–Crippen LogP) is 6.10. The standard InChI is InChI=1S/3C9H19N/c1-8(2)9-4-6-10(3)7-5-9;1-8(2)9-5-4-6-10(3)7-9;1-8(2)9-6-4-5-7-10(9)3/h3*8-9H,4-7H2,1-3H3. The number of rotatable bonds is 3. The van der Waals surface area contributed by atoms with Crippen molar-refractivity contribution in [2.45, 2.75) is 92.5 Å². The lowest BCUT2D eigenvalue weighted by Crippen LogP contribution is -2.39. The molecule has 0 N–H and O–H groups in total. The molecule has 0 aromatic heterocycles. The Morgan fingerprint density at radius 3 is 1.53 bits per heavy atom. The first kappa shape index (κ1) is 27.9. The van der Waals surface area contributed by atoms with Gasteiger partial charge in [-0.2, -0.15) is 0 Å². The van der Waals surface area contributed by atoms with Gasteiger partial charge in [-0.05, 0) is 115 Å². The molecule has 0 spiro atoms. The maximum atomic E-state index is 2.51. The molecule has 3 heteroatoms. The number of nitrogens with zero attached hydrogens (tertiary/aromatic N) is 3. The molecule has 0 aliphatic carbocycles. The fourth-order valence-electron chi connectivity index (χ4n) is 5.39. The van der Waals surface area contributed by atoms with E-state index in [0.717, 1.165) is 35.6 Å². The molecule has 3 aliphatic rings. The van der Waals surface area contributed by atoms with E-state index in [9.17, 15) is 0 Å². The average molecular weight is 424 g/mol. The topological polar surface area (TPSA) is 9.72 Å². The van der Waals surface area contributed by atoms with Crippen molar-refractivity contribution >= 4 is 0 Å². The molecule has 0 aromatic rings. The Bertz CT molecular complexity index is 412. The Balaban J connectivity index is 0.000000225. The minimum atomic E-state index is 0.838. The summed E-state index contributed by atoms with van der Waals surface area (Å²) in [4.78, 5) is 7.39. The van der Waals surface area contributed by atoms with E-state index < -0.39 is 0 Å². The van der Waals surface area contributed by atoms with Gasteiger partial charge in [0.15, 0.2) is 0 Å². The number of hydrogen-bond acceptors (Lipinski definition) is 3. The number of likely N-dealkylation sites (tertiary alicyclic amines) is 3. The van der Waals surface area contributed by atoms with Crippen LogP contribution in [0.4, 0.5) is 0 Å². The highest BCUT2D eigenvalue weighted by Crippen LogP contribution is 2.24. The molecule has 0 bridgehead atoms. The Hall–Kier alpha value is -0.120. The summed E-state index contributed by atoms with van der Waals surface area (Å²) >= 11 is 0. The third kappa shape index (κ3) is 11.0. The third-order valence-corrected chi connectivity index (χ3v) is 7.91. The van der Waals surface area contributed by atoms with Crippen LogP contribution < -0.4 is 0 Å². The molecule has 0 amide bonds. The second kappa shape index (κ2) is 14.9. The van der Waals surface area contributed by atoms with Crippen molar-refractivity contribution in [1.82, 2.24) is 14.7 Å². The van der Waals surface area contributed by atoms with Gasteiger partial charge in [0, 0.05) is 12.6 Å². The fourth-order valence-corrected chi connectivity index (χ4v) is 5.39. The Morgan fingerprint density at radius 2 is 1.13 bits per heavy atom. The summed E-state index contributed by atoms with van der Waals surface area (Å²) < 4.78 is 0. The summed E-state index contributed by atoms with van der Waals surface area (Å²) in [5, 5.41) is 0. The minimum absolute atomic E-state index is 0.838. The van der Waals surface area contributed by atoms with Crippen LogP contribution in [-0.4, -0.2) is 74.6 Å². The quantitative estimate of drug-likeness (QED) is 0.543. The van der Waals surface area contributed by atoms with Crippen molar-refractivity contribution < 1.29 is 0 Å². The summed E-state index contributed by atoms with van der Waals surface area (Å²) in [6.07, 6.45) is 9.92. The van der Waals surface area contributed by atoms with Gasteiger partial charge in [0.2, 0.25) is 0 Å². The molecule has 0 aromatic carbocycles. The predicted molar refractivity (Wildman–Crippen MR) is 135 cm³/mol. The Kier molecular flexibility index (Phi) is 13.8. The lowest BCUT2D eigenvalue weighted by molar-refractivity contribution is 0.144. The van der Waals surface area contributed by atoms with E-state index in [2.05, 4.69) is 77.4 Å². The van der Waals surface area contributed by atoms with Gasteiger partial charge in [-0.25, -0.2) is 0 Å². The summed E-state index contributed by atoms with van der Waals surface area (Å²) in [7, 11) is 6.70. The van der Waals surface area contributed by atoms with Crippen LogP contribution in [0.25, 0.3) is 0 Å². The first-order valence-corrected chi connectivity index (χ1v) is 13.2. The summed E-state index contributed by atoms with van der Waals surface area (Å²) in [6, 6.07) is 0.855. The lowest BCUT2D eigenvalue weighted by atomic mass is 9.87. The van der Waals surface area contributed by atoms with Gasteiger partial charge in [-0.3, -0.25) is 0 Å². The zero-order chi connectivity index (χ0) is 22.7. The molecular weight excluding hydrogens is 366 g/mol. The molecular formula is C27H57N3. The van der Waals surface area contributed by atoms with Crippen molar-refractivity contribution in [1.29, 1.82) is 0 Å². The first-order chi connectivity index (χ1) is 14.1. The van der Waals surface area contributed by atoms with Gasteiger partial charge in [-0.15, -0.1) is 0 Å². The normalized spacial score (nSPS) is 27.6.